The van der Waals surface area contributed by atoms with Crippen molar-refractivity contribution in [2.75, 3.05) is 16.8 Å². The van der Waals surface area contributed by atoms with E-state index in [2.05, 4.69) is 20.4 Å². The average molecular weight is 425 g/mol. The van der Waals surface area contributed by atoms with Gasteiger partial charge in [-0.05, 0) is 42.0 Å². The second-order valence-electron chi connectivity index (χ2n) is 7.19. The lowest BCUT2D eigenvalue weighted by Crippen LogP contribution is -2.13. The van der Waals surface area contributed by atoms with E-state index in [9.17, 15) is 4.79 Å². The van der Waals surface area contributed by atoms with Crippen LogP contribution in [-0.4, -0.2) is 25.7 Å². The number of furan rings is 1. The number of hydrogen-bond acceptors (Lipinski definition) is 7. The Bertz CT molecular complexity index is 1410. The number of hydrogen-bond donors (Lipinski definition) is 3. The van der Waals surface area contributed by atoms with Crippen LogP contribution in [0.15, 0.2) is 77.5 Å². The number of anilines is 3. The molecule has 5 rings (SSSR count). The van der Waals surface area contributed by atoms with Crippen LogP contribution in [0.5, 0.6) is 0 Å². The molecule has 5 N–H and O–H groups in total. The molecule has 9 nitrogen and oxygen atoms in total. The van der Waals surface area contributed by atoms with Gasteiger partial charge in [-0.15, -0.1) is 0 Å². The van der Waals surface area contributed by atoms with Gasteiger partial charge in [-0.3, -0.25) is 4.79 Å². The summed E-state index contributed by atoms with van der Waals surface area (Å²) >= 11 is 0. The maximum Gasteiger partial charge on any atom is 0.255 e. The molecular formula is C23H19N7O2. The van der Waals surface area contributed by atoms with Crippen molar-refractivity contribution in [3.63, 3.8) is 0 Å². The molecule has 0 unspecified atom stereocenters. The molecule has 0 aliphatic heterocycles. The average Bonchev–Trinajstić information content (AvgIpc) is 3.46. The minimum Gasteiger partial charge on any atom is -0.463 e. The lowest BCUT2D eigenvalue weighted by molar-refractivity contribution is 0.102. The summed E-state index contributed by atoms with van der Waals surface area (Å²) in [5, 5.41) is 8.01. The van der Waals surface area contributed by atoms with E-state index >= 15 is 0 Å². The number of carbonyl (C=O) groups excluding carboxylic acids is 1. The molecule has 0 aliphatic rings. The maximum absolute atomic E-state index is 12.5. The van der Waals surface area contributed by atoms with Crippen molar-refractivity contribution < 1.29 is 9.21 Å². The topological polar surface area (TPSA) is 138 Å². The number of amides is 1. The highest BCUT2D eigenvalue weighted by Gasteiger charge is 2.16. The second-order valence-corrected chi connectivity index (χ2v) is 7.19. The van der Waals surface area contributed by atoms with Crippen LogP contribution >= 0.6 is 0 Å². The number of nitrogens with zero attached hydrogens (tertiary/aromatic N) is 4. The standard InChI is InChI=1S/C23H19N7O2/c24-17-4-1-2-5-18(17)27-22(31)15-9-7-14(8-10-15)13-30-21-16(12-26-30)20(28-23(25)29-21)19-6-3-11-32-19/h1-12H,13,24H2,(H,27,31)(H2,25,28,29). The third kappa shape index (κ3) is 3.63. The van der Waals surface area contributed by atoms with Gasteiger partial charge < -0.3 is 21.2 Å². The molecule has 0 saturated carbocycles. The molecule has 2 aromatic carbocycles. The van der Waals surface area contributed by atoms with E-state index in [-0.39, 0.29) is 11.9 Å². The Hall–Kier alpha value is -4.66. The van der Waals surface area contributed by atoms with Gasteiger partial charge in [0.15, 0.2) is 11.4 Å². The van der Waals surface area contributed by atoms with E-state index in [0.717, 1.165) is 10.9 Å². The second kappa shape index (κ2) is 7.88. The van der Waals surface area contributed by atoms with E-state index < -0.39 is 0 Å². The van der Waals surface area contributed by atoms with Gasteiger partial charge in [-0.1, -0.05) is 24.3 Å². The molecule has 0 spiro atoms. The fraction of sp³-hybridized carbons (Fsp3) is 0.0435. The lowest BCUT2D eigenvalue weighted by atomic mass is 10.1. The highest BCUT2D eigenvalue weighted by Crippen LogP contribution is 2.27. The smallest absolute Gasteiger partial charge is 0.255 e. The summed E-state index contributed by atoms with van der Waals surface area (Å²) in [4.78, 5) is 21.2. The minimum atomic E-state index is -0.234. The zero-order valence-electron chi connectivity index (χ0n) is 16.9. The third-order valence-electron chi connectivity index (χ3n) is 5.03. The molecule has 0 fully saturated rings. The van der Waals surface area contributed by atoms with Crippen LogP contribution in [0.25, 0.3) is 22.5 Å². The quantitative estimate of drug-likeness (QED) is 0.366. The number of fused-ring (bicyclic) bond motifs is 1. The van der Waals surface area contributed by atoms with Crippen molar-refractivity contribution in [1.29, 1.82) is 0 Å². The molecule has 1 amide bonds. The first-order valence-electron chi connectivity index (χ1n) is 9.86. The number of rotatable bonds is 5. The summed E-state index contributed by atoms with van der Waals surface area (Å²) in [6.07, 6.45) is 3.27. The molecule has 3 aromatic heterocycles. The van der Waals surface area contributed by atoms with Crippen molar-refractivity contribution in [1.82, 2.24) is 19.7 Å². The highest BCUT2D eigenvalue weighted by molar-refractivity contribution is 6.05. The van der Waals surface area contributed by atoms with Crippen LogP contribution in [-0.2, 0) is 6.54 Å². The van der Waals surface area contributed by atoms with E-state index in [0.29, 0.717) is 40.6 Å². The number of carbonyl (C=O) groups is 1. The number of nitrogens with one attached hydrogen (secondary N) is 1. The van der Waals surface area contributed by atoms with Gasteiger partial charge in [0.05, 0.1) is 35.8 Å². The Morgan fingerprint density at radius 3 is 2.56 bits per heavy atom. The number of para-hydroxylation sites is 2. The van der Waals surface area contributed by atoms with Crippen molar-refractivity contribution in [3.05, 3.63) is 84.3 Å². The number of benzene rings is 2. The van der Waals surface area contributed by atoms with Crippen molar-refractivity contribution >= 4 is 34.3 Å². The Morgan fingerprint density at radius 2 is 1.81 bits per heavy atom. The van der Waals surface area contributed by atoms with Gasteiger partial charge in [0.1, 0.15) is 5.69 Å². The Balaban J connectivity index is 1.38. The zero-order valence-corrected chi connectivity index (χ0v) is 16.9. The fourth-order valence-corrected chi connectivity index (χ4v) is 3.43. The summed E-state index contributed by atoms with van der Waals surface area (Å²) in [7, 11) is 0. The van der Waals surface area contributed by atoms with E-state index in [4.69, 9.17) is 15.9 Å². The number of nitrogens with two attached hydrogens (primary N) is 2. The molecule has 0 radical (unpaired) electrons. The molecule has 5 aromatic rings. The van der Waals surface area contributed by atoms with Crippen LogP contribution < -0.4 is 16.8 Å². The summed E-state index contributed by atoms with van der Waals surface area (Å²) in [6, 6.07) is 18.0. The van der Waals surface area contributed by atoms with Gasteiger partial charge in [-0.2, -0.15) is 10.1 Å². The summed E-state index contributed by atoms with van der Waals surface area (Å²) < 4.78 is 7.20. The SMILES string of the molecule is Nc1nc(-c2ccco2)c2cnn(Cc3ccc(C(=O)Nc4ccccc4N)cc3)c2n1. The van der Waals surface area contributed by atoms with Crippen molar-refractivity contribution in [2.45, 2.75) is 6.54 Å². The van der Waals surface area contributed by atoms with Crippen LogP contribution in [0.1, 0.15) is 15.9 Å². The predicted octanol–water partition coefficient (Wildman–Crippen LogP) is 3.55. The summed E-state index contributed by atoms with van der Waals surface area (Å²) in [5.74, 6) is 0.499. The van der Waals surface area contributed by atoms with Gasteiger partial charge in [-0.25, -0.2) is 9.67 Å². The first kappa shape index (κ1) is 19.3. The van der Waals surface area contributed by atoms with E-state index in [1.54, 1.807) is 47.5 Å². The molecule has 3 heterocycles. The zero-order chi connectivity index (χ0) is 22.1. The first-order chi connectivity index (χ1) is 15.6. The lowest BCUT2D eigenvalue weighted by Gasteiger charge is -2.09. The van der Waals surface area contributed by atoms with Gasteiger partial charge in [0.25, 0.3) is 5.91 Å². The van der Waals surface area contributed by atoms with Crippen molar-refractivity contribution in [3.8, 4) is 11.5 Å². The van der Waals surface area contributed by atoms with Crippen LogP contribution in [0.2, 0.25) is 0 Å². The Kier molecular flexibility index (Phi) is 4.75. The Labute approximate surface area is 182 Å². The normalized spacial score (nSPS) is 11.0. The van der Waals surface area contributed by atoms with Gasteiger partial charge in [0, 0.05) is 5.56 Å². The van der Waals surface area contributed by atoms with E-state index in [1.807, 2.05) is 30.3 Å². The molecular weight excluding hydrogens is 406 g/mol. The number of nitrogen functional groups attached to an aromatic ring is 2. The maximum atomic E-state index is 12.5. The molecule has 0 atom stereocenters. The molecule has 158 valence electrons. The predicted molar refractivity (Wildman–Crippen MR) is 122 cm³/mol. The van der Waals surface area contributed by atoms with Gasteiger partial charge in [0.2, 0.25) is 5.95 Å². The van der Waals surface area contributed by atoms with Crippen molar-refractivity contribution in [2.24, 2.45) is 0 Å². The number of aromatic nitrogens is 4. The van der Waals surface area contributed by atoms with Gasteiger partial charge >= 0.3 is 0 Å². The van der Waals surface area contributed by atoms with Crippen LogP contribution in [0.3, 0.4) is 0 Å². The minimum absolute atomic E-state index is 0.137. The molecule has 0 saturated heterocycles. The van der Waals surface area contributed by atoms with Crippen LogP contribution in [0.4, 0.5) is 17.3 Å². The highest BCUT2D eigenvalue weighted by atomic mass is 16.3. The largest absolute Gasteiger partial charge is 0.463 e. The summed E-state index contributed by atoms with van der Waals surface area (Å²) in [5.41, 5.74) is 15.6. The Morgan fingerprint density at radius 1 is 1.00 bits per heavy atom. The third-order valence-corrected chi connectivity index (χ3v) is 5.03. The molecule has 9 heteroatoms. The monoisotopic (exact) mass is 425 g/mol. The molecule has 32 heavy (non-hydrogen) atoms. The summed E-state index contributed by atoms with van der Waals surface area (Å²) in [6.45, 7) is 0.449. The molecule has 0 bridgehead atoms. The first-order valence-corrected chi connectivity index (χ1v) is 9.86. The fourth-order valence-electron chi connectivity index (χ4n) is 3.43. The molecule has 0 aliphatic carbocycles. The van der Waals surface area contributed by atoms with E-state index in [1.165, 1.54) is 0 Å². The van der Waals surface area contributed by atoms with Crippen LogP contribution in [0, 0.1) is 0 Å².